The number of hydrogen-bond donors (Lipinski definition) is 3. The number of aliphatic hydroxyl groups is 1. The molecule has 0 unspecified atom stereocenters. The largest absolute Gasteiger partial charge is 0.444 e. The maximum Gasteiger partial charge on any atom is 0.407 e. The fourth-order valence-corrected chi connectivity index (χ4v) is 3.54. The highest BCUT2D eigenvalue weighted by molar-refractivity contribution is 5.79. The summed E-state index contributed by atoms with van der Waals surface area (Å²) < 4.78 is 5.40. The number of hydrogen-bond acceptors (Lipinski definition) is 5. The number of rotatable bonds is 10. The molecule has 2 amide bonds. The number of ether oxygens (including phenoxy) is 1. The van der Waals surface area contributed by atoms with Crippen molar-refractivity contribution < 1.29 is 19.4 Å². The van der Waals surface area contributed by atoms with Crippen molar-refractivity contribution in [3.63, 3.8) is 0 Å². The van der Waals surface area contributed by atoms with Gasteiger partial charge < -0.3 is 20.5 Å². The average molecular weight is 456 g/mol. The molecule has 1 heterocycles. The van der Waals surface area contributed by atoms with E-state index in [2.05, 4.69) is 15.6 Å². The number of aliphatic hydroxyl groups excluding tert-OH is 1. The number of carbonyl (C=O) groups is 2. The van der Waals surface area contributed by atoms with Crippen molar-refractivity contribution in [3.8, 4) is 0 Å². The molecule has 2 rings (SSSR count). The zero-order valence-corrected chi connectivity index (χ0v) is 20.2. The fourth-order valence-electron chi connectivity index (χ4n) is 3.54. The van der Waals surface area contributed by atoms with Crippen molar-refractivity contribution in [2.45, 2.75) is 71.8 Å². The number of alkyl carbamates (subject to hydrolysis) is 1. The van der Waals surface area contributed by atoms with Crippen LogP contribution in [0.2, 0.25) is 0 Å². The van der Waals surface area contributed by atoms with Crippen molar-refractivity contribution in [2.75, 3.05) is 0 Å². The summed E-state index contributed by atoms with van der Waals surface area (Å²) in [6.45, 7) is 9.67. The summed E-state index contributed by atoms with van der Waals surface area (Å²) in [5.41, 5.74) is 1.27. The van der Waals surface area contributed by atoms with Crippen LogP contribution in [0.25, 0.3) is 0 Å². The third-order valence-electron chi connectivity index (χ3n) is 5.32. The molecule has 0 aliphatic rings. The second-order valence-electron chi connectivity index (χ2n) is 9.67. The van der Waals surface area contributed by atoms with Gasteiger partial charge in [0, 0.05) is 24.9 Å². The first-order chi connectivity index (χ1) is 15.5. The molecule has 7 heteroatoms. The van der Waals surface area contributed by atoms with E-state index < -0.39 is 29.8 Å². The number of amides is 2. The van der Waals surface area contributed by atoms with E-state index >= 15 is 0 Å². The summed E-state index contributed by atoms with van der Waals surface area (Å²) in [6.07, 6.45) is 2.48. The first-order valence-corrected chi connectivity index (χ1v) is 11.4. The Labute approximate surface area is 197 Å². The summed E-state index contributed by atoms with van der Waals surface area (Å²) in [7, 11) is 0. The van der Waals surface area contributed by atoms with Gasteiger partial charge in [-0.25, -0.2) is 4.79 Å². The molecule has 0 aliphatic carbocycles. The van der Waals surface area contributed by atoms with Gasteiger partial charge in [0.25, 0.3) is 0 Å². The third-order valence-corrected chi connectivity index (χ3v) is 5.32. The van der Waals surface area contributed by atoms with Crippen LogP contribution in [0.1, 0.15) is 52.2 Å². The Hall–Kier alpha value is -2.93. The van der Waals surface area contributed by atoms with Crippen molar-refractivity contribution in [2.24, 2.45) is 11.8 Å². The van der Waals surface area contributed by atoms with E-state index in [-0.39, 0.29) is 18.2 Å². The Morgan fingerprint density at radius 2 is 1.67 bits per heavy atom. The summed E-state index contributed by atoms with van der Waals surface area (Å²) >= 11 is 0. The topological polar surface area (TPSA) is 101 Å². The lowest BCUT2D eigenvalue weighted by molar-refractivity contribution is -0.127. The Morgan fingerprint density at radius 3 is 2.24 bits per heavy atom. The van der Waals surface area contributed by atoms with Gasteiger partial charge in [0.2, 0.25) is 5.91 Å². The number of carbonyl (C=O) groups excluding carboxylic acids is 2. The SMILES string of the molecule is CC(C)[C@H](C[C@H](O)[C@H](Cc1ccccc1)NC(=O)OC(C)(C)C)C(=O)NCc1ccncc1. The van der Waals surface area contributed by atoms with Gasteiger partial charge in [0.1, 0.15) is 5.60 Å². The smallest absolute Gasteiger partial charge is 0.407 e. The van der Waals surface area contributed by atoms with Gasteiger partial charge in [0.05, 0.1) is 12.1 Å². The van der Waals surface area contributed by atoms with Gasteiger partial charge >= 0.3 is 6.09 Å². The van der Waals surface area contributed by atoms with Crippen molar-refractivity contribution >= 4 is 12.0 Å². The normalized spacial score (nSPS) is 14.3. The van der Waals surface area contributed by atoms with Crippen LogP contribution in [0.5, 0.6) is 0 Å². The van der Waals surface area contributed by atoms with Crippen LogP contribution in [-0.2, 0) is 22.5 Å². The minimum atomic E-state index is -0.934. The van der Waals surface area contributed by atoms with Crippen LogP contribution in [0.3, 0.4) is 0 Å². The van der Waals surface area contributed by atoms with E-state index in [1.54, 1.807) is 33.2 Å². The molecule has 1 aromatic heterocycles. The predicted octanol–water partition coefficient (Wildman–Crippen LogP) is 3.86. The quantitative estimate of drug-likeness (QED) is 0.505. The van der Waals surface area contributed by atoms with Gasteiger partial charge in [-0.2, -0.15) is 0 Å². The Balaban J connectivity index is 2.09. The fraction of sp³-hybridized carbons (Fsp3) is 0.500. The van der Waals surface area contributed by atoms with Crippen LogP contribution >= 0.6 is 0 Å². The second kappa shape index (κ2) is 12.3. The van der Waals surface area contributed by atoms with E-state index in [0.29, 0.717) is 13.0 Å². The third kappa shape index (κ3) is 9.61. The zero-order valence-electron chi connectivity index (χ0n) is 20.2. The Morgan fingerprint density at radius 1 is 1.03 bits per heavy atom. The molecule has 2 aromatic rings. The maximum absolute atomic E-state index is 12.9. The summed E-state index contributed by atoms with van der Waals surface area (Å²) in [5.74, 6) is -0.534. The molecule has 0 saturated heterocycles. The molecule has 0 aliphatic heterocycles. The van der Waals surface area contributed by atoms with Crippen LogP contribution in [0.4, 0.5) is 4.79 Å². The summed E-state index contributed by atoms with van der Waals surface area (Å²) in [4.78, 5) is 29.4. The van der Waals surface area contributed by atoms with Crippen LogP contribution in [-0.4, -0.2) is 39.8 Å². The molecule has 0 bridgehead atoms. The highest BCUT2D eigenvalue weighted by Gasteiger charge is 2.31. The molecule has 7 nitrogen and oxygen atoms in total. The maximum atomic E-state index is 12.9. The number of nitrogens with one attached hydrogen (secondary N) is 2. The van der Waals surface area contributed by atoms with Gasteiger partial charge in [-0.1, -0.05) is 44.2 Å². The van der Waals surface area contributed by atoms with Gasteiger partial charge in [-0.05, 0) is 62.8 Å². The van der Waals surface area contributed by atoms with Crippen LogP contribution in [0, 0.1) is 11.8 Å². The molecule has 33 heavy (non-hydrogen) atoms. The lowest BCUT2D eigenvalue weighted by atomic mass is 9.86. The summed E-state index contributed by atoms with van der Waals surface area (Å²) in [5, 5.41) is 16.9. The highest BCUT2D eigenvalue weighted by Crippen LogP contribution is 2.21. The Bertz CT molecular complexity index is 866. The van der Waals surface area contributed by atoms with Crippen molar-refractivity contribution in [3.05, 3.63) is 66.0 Å². The molecule has 0 saturated carbocycles. The highest BCUT2D eigenvalue weighted by atomic mass is 16.6. The van der Waals surface area contributed by atoms with E-state index in [1.807, 2.05) is 56.3 Å². The molecular formula is C26H37N3O4. The van der Waals surface area contributed by atoms with E-state index in [4.69, 9.17) is 4.74 Å². The predicted molar refractivity (Wildman–Crippen MR) is 128 cm³/mol. The molecule has 0 radical (unpaired) electrons. The van der Waals surface area contributed by atoms with Crippen molar-refractivity contribution in [1.82, 2.24) is 15.6 Å². The first-order valence-electron chi connectivity index (χ1n) is 11.4. The molecular weight excluding hydrogens is 418 g/mol. The van der Waals surface area contributed by atoms with Gasteiger partial charge in [0.15, 0.2) is 0 Å². The second-order valence-corrected chi connectivity index (χ2v) is 9.67. The first kappa shape index (κ1) is 26.3. The number of pyridine rings is 1. The number of benzene rings is 1. The van der Waals surface area contributed by atoms with Gasteiger partial charge in [-0.3, -0.25) is 9.78 Å². The minimum Gasteiger partial charge on any atom is -0.444 e. The zero-order chi connectivity index (χ0) is 24.4. The lowest BCUT2D eigenvalue weighted by Gasteiger charge is -2.30. The molecule has 0 spiro atoms. The van der Waals surface area contributed by atoms with Crippen LogP contribution < -0.4 is 10.6 Å². The van der Waals surface area contributed by atoms with Crippen molar-refractivity contribution in [1.29, 1.82) is 0 Å². The monoisotopic (exact) mass is 455 g/mol. The molecule has 3 N–H and O–H groups in total. The molecule has 3 atom stereocenters. The molecule has 180 valence electrons. The van der Waals surface area contributed by atoms with E-state index in [0.717, 1.165) is 11.1 Å². The average Bonchev–Trinajstić information content (AvgIpc) is 2.75. The van der Waals surface area contributed by atoms with Crippen LogP contribution in [0.15, 0.2) is 54.9 Å². The summed E-state index contributed by atoms with van der Waals surface area (Å²) in [6, 6.07) is 12.7. The van der Waals surface area contributed by atoms with E-state index in [1.165, 1.54) is 0 Å². The number of nitrogens with zero attached hydrogens (tertiary/aromatic N) is 1. The van der Waals surface area contributed by atoms with Gasteiger partial charge in [-0.15, -0.1) is 0 Å². The molecule has 1 aromatic carbocycles. The standard InChI is InChI=1S/C26H37N3O4/c1-18(2)21(24(31)28-17-20-11-13-27-14-12-20)16-23(30)22(15-19-9-7-6-8-10-19)29-25(32)33-26(3,4)5/h6-14,18,21-23,30H,15-17H2,1-5H3,(H,28,31)(H,29,32)/t21-,22-,23-/m0/s1. The molecule has 0 fully saturated rings. The minimum absolute atomic E-state index is 0.0102. The Kier molecular flexibility index (Phi) is 9.85. The number of aromatic nitrogens is 1. The van der Waals surface area contributed by atoms with E-state index in [9.17, 15) is 14.7 Å². The lowest BCUT2D eigenvalue weighted by Crippen LogP contribution is -2.48.